The number of amides is 3. The fraction of sp³-hybridized carbons (Fsp3) is 0.222. The van der Waals surface area contributed by atoms with Crippen molar-refractivity contribution in [3.05, 3.63) is 96.1 Å². The van der Waals surface area contributed by atoms with Crippen molar-refractivity contribution in [1.82, 2.24) is 5.32 Å². The normalized spacial score (nSPS) is 28.0. The Morgan fingerprint density at radius 1 is 0.818 bits per heavy atom. The highest BCUT2D eigenvalue weighted by Gasteiger charge is 2.71. The molecule has 2 fully saturated rings. The van der Waals surface area contributed by atoms with Crippen LogP contribution in [0.15, 0.2) is 84.9 Å². The van der Waals surface area contributed by atoms with Crippen molar-refractivity contribution < 1.29 is 14.4 Å². The molecule has 2 saturated heterocycles. The number of rotatable bonds is 3. The van der Waals surface area contributed by atoms with Crippen LogP contribution >= 0.6 is 0 Å². The molecule has 3 amide bonds. The lowest BCUT2D eigenvalue weighted by molar-refractivity contribution is -0.132. The Hall–Kier alpha value is -3.77. The third-order valence-corrected chi connectivity index (χ3v) is 7.21. The Morgan fingerprint density at radius 2 is 1.45 bits per heavy atom. The van der Waals surface area contributed by atoms with Gasteiger partial charge in [-0.1, -0.05) is 66.7 Å². The van der Waals surface area contributed by atoms with Crippen LogP contribution in [0, 0.1) is 11.8 Å². The first-order valence-electron chi connectivity index (χ1n) is 11.2. The third kappa shape index (κ3) is 2.61. The maximum absolute atomic E-state index is 14.2. The summed E-state index contributed by atoms with van der Waals surface area (Å²) in [5.74, 6) is -2.15. The molecule has 0 unspecified atom stereocenters. The van der Waals surface area contributed by atoms with Gasteiger partial charge in [0.05, 0.1) is 24.1 Å². The zero-order valence-electron chi connectivity index (χ0n) is 18.1. The maximum Gasteiger partial charge on any atom is 0.253 e. The van der Waals surface area contributed by atoms with Gasteiger partial charge in [0.1, 0.15) is 5.54 Å². The molecular weight excluding hydrogens is 414 g/mol. The van der Waals surface area contributed by atoms with E-state index in [0.29, 0.717) is 12.2 Å². The summed E-state index contributed by atoms with van der Waals surface area (Å²) in [5, 5.41) is 3.43. The highest BCUT2D eigenvalue weighted by molar-refractivity contribution is 6.26. The zero-order chi connectivity index (χ0) is 22.7. The summed E-state index contributed by atoms with van der Waals surface area (Å²) in [5.41, 5.74) is 1.83. The van der Waals surface area contributed by atoms with Gasteiger partial charge < -0.3 is 4.90 Å². The summed E-state index contributed by atoms with van der Waals surface area (Å²) in [6.45, 7) is 2.29. The summed E-state index contributed by atoms with van der Waals surface area (Å²) < 4.78 is 0. The standard InChI is InChI=1S/C27H23N3O3/c1-17-22-23(25(32)30(24(22)31)19-12-6-3-7-13-19)27(28-17)20-14-8-9-15-21(20)29(26(27)33)16-18-10-4-2-5-11-18/h2-15,17,22-23,28H,16H2,1H3/t17-,22+,23-,27-/m0/s1. The first-order chi connectivity index (χ1) is 16.0. The quantitative estimate of drug-likeness (QED) is 0.639. The van der Waals surface area contributed by atoms with Gasteiger partial charge in [0, 0.05) is 17.3 Å². The van der Waals surface area contributed by atoms with Gasteiger partial charge in [-0.3, -0.25) is 19.7 Å². The Labute approximate surface area is 191 Å². The Morgan fingerprint density at radius 3 is 2.18 bits per heavy atom. The average Bonchev–Trinajstić information content (AvgIpc) is 3.39. The number of hydrogen-bond acceptors (Lipinski definition) is 4. The Bertz CT molecular complexity index is 1280. The molecule has 6 heteroatoms. The van der Waals surface area contributed by atoms with Crippen LogP contribution in [-0.4, -0.2) is 23.8 Å². The van der Waals surface area contributed by atoms with E-state index in [9.17, 15) is 14.4 Å². The second-order valence-electron chi connectivity index (χ2n) is 8.99. The lowest BCUT2D eigenvalue weighted by Crippen LogP contribution is -2.54. The molecule has 1 spiro atoms. The van der Waals surface area contributed by atoms with Crippen molar-refractivity contribution in [2.75, 3.05) is 9.80 Å². The topological polar surface area (TPSA) is 69.7 Å². The molecule has 4 atom stereocenters. The summed E-state index contributed by atoms with van der Waals surface area (Å²) in [6.07, 6.45) is 0. The smallest absolute Gasteiger partial charge is 0.253 e. The predicted molar refractivity (Wildman–Crippen MR) is 124 cm³/mol. The molecule has 3 aromatic carbocycles. The fourth-order valence-electron chi connectivity index (χ4n) is 5.86. The highest BCUT2D eigenvalue weighted by atomic mass is 16.2. The molecule has 6 rings (SSSR count). The van der Waals surface area contributed by atoms with Gasteiger partial charge in [-0.2, -0.15) is 0 Å². The van der Waals surface area contributed by atoms with E-state index in [2.05, 4.69) is 5.32 Å². The average molecular weight is 437 g/mol. The molecule has 0 aliphatic carbocycles. The molecule has 0 aromatic heterocycles. The molecule has 0 radical (unpaired) electrons. The number of fused-ring (bicyclic) bond motifs is 4. The van der Waals surface area contributed by atoms with E-state index >= 15 is 0 Å². The van der Waals surface area contributed by atoms with E-state index in [-0.39, 0.29) is 23.8 Å². The second-order valence-corrected chi connectivity index (χ2v) is 8.99. The number of hydrogen-bond donors (Lipinski definition) is 1. The van der Waals surface area contributed by atoms with Gasteiger partial charge in [-0.05, 0) is 30.7 Å². The van der Waals surface area contributed by atoms with E-state index in [0.717, 1.165) is 16.8 Å². The molecule has 3 aliphatic rings. The van der Waals surface area contributed by atoms with E-state index in [1.165, 1.54) is 4.90 Å². The van der Waals surface area contributed by atoms with Crippen molar-refractivity contribution >= 4 is 29.1 Å². The largest absolute Gasteiger partial charge is 0.306 e. The lowest BCUT2D eigenvalue weighted by atomic mass is 9.76. The number of anilines is 2. The van der Waals surface area contributed by atoms with Gasteiger partial charge in [-0.15, -0.1) is 0 Å². The molecule has 164 valence electrons. The SMILES string of the molecule is C[C@@H]1N[C@]2(C(=O)N(Cc3ccccc3)c3ccccc32)[C@@H]2C(=O)N(c3ccccc3)C(=O)[C@H]12. The molecule has 3 aromatic rings. The van der Waals surface area contributed by atoms with Gasteiger partial charge in [-0.25, -0.2) is 4.90 Å². The van der Waals surface area contributed by atoms with Crippen LogP contribution < -0.4 is 15.1 Å². The number of carbonyl (C=O) groups is 3. The first-order valence-corrected chi connectivity index (χ1v) is 11.2. The van der Waals surface area contributed by atoms with Crippen molar-refractivity contribution in [3.8, 4) is 0 Å². The van der Waals surface area contributed by atoms with Crippen LogP contribution in [0.3, 0.4) is 0 Å². The van der Waals surface area contributed by atoms with E-state index < -0.39 is 17.4 Å². The fourth-order valence-corrected chi connectivity index (χ4v) is 5.86. The van der Waals surface area contributed by atoms with Crippen LogP contribution in [0.1, 0.15) is 18.1 Å². The van der Waals surface area contributed by atoms with Crippen molar-refractivity contribution in [3.63, 3.8) is 0 Å². The second kappa shape index (κ2) is 7.12. The molecular formula is C27H23N3O3. The van der Waals surface area contributed by atoms with Gasteiger partial charge in [0.2, 0.25) is 11.8 Å². The molecule has 6 nitrogen and oxygen atoms in total. The zero-order valence-corrected chi connectivity index (χ0v) is 18.1. The van der Waals surface area contributed by atoms with Crippen LogP contribution in [0.4, 0.5) is 11.4 Å². The van der Waals surface area contributed by atoms with Crippen LogP contribution in [-0.2, 0) is 26.5 Å². The Kier molecular flexibility index (Phi) is 4.29. The minimum Gasteiger partial charge on any atom is -0.306 e. The molecule has 3 heterocycles. The van der Waals surface area contributed by atoms with Crippen LogP contribution in [0.5, 0.6) is 0 Å². The number of carbonyl (C=O) groups excluding carboxylic acids is 3. The van der Waals surface area contributed by atoms with Crippen LogP contribution in [0.25, 0.3) is 0 Å². The van der Waals surface area contributed by atoms with Crippen molar-refractivity contribution in [2.24, 2.45) is 11.8 Å². The number of benzene rings is 3. The van der Waals surface area contributed by atoms with Gasteiger partial charge >= 0.3 is 0 Å². The highest BCUT2D eigenvalue weighted by Crippen LogP contribution is 2.55. The first kappa shape index (κ1) is 19.9. The number of nitrogens with one attached hydrogen (secondary N) is 1. The predicted octanol–water partition coefficient (Wildman–Crippen LogP) is 3.23. The lowest BCUT2D eigenvalue weighted by Gasteiger charge is -2.30. The summed E-state index contributed by atoms with van der Waals surface area (Å²) >= 11 is 0. The number of para-hydroxylation sites is 2. The Balaban J connectivity index is 1.48. The van der Waals surface area contributed by atoms with Gasteiger partial charge in [0.25, 0.3) is 5.91 Å². The van der Waals surface area contributed by atoms with Crippen molar-refractivity contribution in [2.45, 2.75) is 25.0 Å². The maximum atomic E-state index is 14.2. The number of imide groups is 1. The minimum absolute atomic E-state index is 0.178. The monoisotopic (exact) mass is 437 g/mol. The van der Waals surface area contributed by atoms with E-state index in [1.54, 1.807) is 29.2 Å². The van der Waals surface area contributed by atoms with E-state index in [1.807, 2.05) is 67.6 Å². The third-order valence-electron chi connectivity index (χ3n) is 7.21. The molecule has 3 aliphatic heterocycles. The minimum atomic E-state index is -1.26. The summed E-state index contributed by atoms with van der Waals surface area (Å²) in [4.78, 5) is 44.5. The molecule has 0 saturated carbocycles. The number of nitrogens with zero attached hydrogens (tertiary/aromatic N) is 2. The van der Waals surface area contributed by atoms with Gasteiger partial charge in [0.15, 0.2) is 0 Å². The van der Waals surface area contributed by atoms with E-state index in [4.69, 9.17) is 0 Å². The summed E-state index contributed by atoms with van der Waals surface area (Å²) in [6, 6.07) is 26.0. The summed E-state index contributed by atoms with van der Waals surface area (Å²) in [7, 11) is 0. The molecule has 33 heavy (non-hydrogen) atoms. The van der Waals surface area contributed by atoms with Crippen LogP contribution in [0.2, 0.25) is 0 Å². The van der Waals surface area contributed by atoms with Crippen molar-refractivity contribution in [1.29, 1.82) is 0 Å². The molecule has 0 bridgehead atoms. The molecule has 1 N–H and O–H groups in total.